The van der Waals surface area contributed by atoms with E-state index in [1.807, 2.05) is 30.3 Å². The average molecular weight is 391 g/mol. The van der Waals surface area contributed by atoms with E-state index in [-0.39, 0.29) is 12.6 Å². The lowest BCUT2D eigenvalue weighted by molar-refractivity contribution is 0.117. The fourth-order valence-electron chi connectivity index (χ4n) is 3.41. The molecule has 1 fully saturated rings. The first-order valence-corrected chi connectivity index (χ1v) is 9.66. The molecule has 1 aliphatic rings. The predicted octanol–water partition coefficient (Wildman–Crippen LogP) is 4.25. The highest BCUT2D eigenvalue weighted by atomic mass is 35.5. The van der Waals surface area contributed by atoms with Crippen molar-refractivity contribution in [3.8, 4) is 0 Å². The Bertz CT molecular complexity index is 662. The minimum atomic E-state index is 0.106. The second kappa shape index (κ2) is 9.54. The summed E-state index contributed by atoms with van der Waals surface area (Å²) < 4.78 is 0. The van der Waals surface area contributed by atoms with Gasteiger partial charge in [0.15, 0.2) is 0 Å². The van der Waals surface area contributed by atoms with Gasteiger partial charge < -0.3 is 5.11 Å². The molecule has 0 aromatic heterocycles. The van der Waals surface area contributed by atoms with Gasteiger partial charge in [-0.05, 0) is 35.4 Å². The lowest BCUT2D eigenvalue weighted by Crippen LogP contribution is -2.47. The summed E-state index contributed by atoms with van der Waals surface area (Å²) in [6.07, 6.45) is 3.84. The molecule has 0 spiro atoms. The van der Waals surface area contributed by atoms with Crippen molar-refractivity contribution >= 4 is 23.2 Å². The van der Waals surface area contributed by atoms with Crippen molar-refractivity contribution in [2.45, 2.75) is 6.04 Å². The monoisotopic (exact) mass is 390 g/mol. The van der Waals surface area contributed by atoms with Gasteiger partial charge in [-0.2, -0.15) is 0 Å². The molecule has 0 unspecified atom stereocenters. The molecule has 0 saturated carbocycles. The van der Waals surface area contributed by atoms with Crippen molar-refractivity contribution in [2.75, 3.05) is 39.3 Å². The van der Waals surface area contributed by atoms with Crippen molar-refractivity contribution in [1.82, 2.24) is 9.80 Å². The summed E-state index contributed by atoms with van der Waals surface area (Å²) in [5.74, 6) is 0. The summed E-state index contributed by atoms with van der Waals surface area (Å²) >= 11 is 12.2. The third-order valence-corrected chi connectivity index (χ3v) is 5.28. The highest BCUT2D eigenvalue weighted by Gasteiger charge is 2.26. The Kier molecular flexibility index (Phi) is 7.12. The molecule has 0 bridgehead atoms. The van der Waals surface area contributed by atoms with E-state index in [9.17, 15) is 0 Å². The van der Waals surface area contributed by atoms with Crippen molar-refractivity contribution in [3.05, 3.63) is 81.9 Å². The van der Waals surface area contributed by atoms with Crippen LogP contribution in [0, 0.1) is 0 Å². The number of hydrogen-bond donors (Lipinski definition) is 1. The fraction of sp³-hybridized carbons (Fsp3) is 0.333. The van der Waals surface area contributed by atoms with E-state index in [1.165, 1.54) is 11.1 Å². The zero-order valence-corrected chi connectivity index (χ0v) is 16.2. The summed E-state index contributed by atoms with van der Waals surface area (Å²) in [7, 11) is 0. The molecular weight excluding hydrogens is 367 g/mol. The normalized spacial score (nSPS) is 16.6. The Morgan fingerprint density at radius 3 is 1.77 bits per heavy atom. The van der Waals surface area contributed by atoms with Gasteiger partial charge in [0.25, 0.3) is 0 Å². The van der Waals surface area contributed by atoms with Gasteiger partial charge in [-0.15, -0.1) is 0 Å². The van der Waals surface area contributed by atoms with Gasteiger partial charge in [0, 0.05) is 42.8 Å². The van der Waals surface area contributed by atoms with E-state index >= 15 is 0 Å². The summed E-state index contributed by atoms with van der Waals surface area (Å²) in [6, 6.07) is 16.4. The van der Waals surface area contributed by atoms with Crippen molar-refractivity contribution in [3.63, 3.8) is 0 Å². The van der Waals surface area contributed by atoms with Gasteiger partial charge in [0.05, 0.1) is 12.6 Å². The molecule has 3 rings (SSSR count). The maximum Gasteiger partial charge on any atom is 0.0612 e. The first-order chi connectivity index (χ1) is 12.7. The molecule has 2 aromatic carbocycles. The number of hydrogen-bond acceptors (Lipinski definition) is 3. The van der Waals surface area contributed by atoms with Crippen LogP contribution in [0.5, 0.6) is 0 Å². The van der Waals surface area contributed by atoms with Crippen LogP contribution in [0.15, 0.2) is 60.7 Å². The molecule has 0 radical (unpaired) electrons. The molecule has 0 atom stereocenters. The molecule has 138 valence electrons. The molecule has 5 heteroatoms. The quantitative estimate of drug-likeness (QED) is 0.746. The molecule has 1 N–H and O–H groups in total. The predicted molar refractivity (Wildman–Crippen MR) is 109 cm³/mol. The van der Waals surface area contributed by atoms with Crippen LogP contribution in [-0.2, 0) is 0 Å². The summed E-state index contributed by atoms with van der Waals surface area (Å²) in [6.45, 7) is 4.99. The minimum absolute atomic E-state index is 0.106. The van der Waals surface area contributed by atoms with Crippen LogP contribution in [0.3, 0.4) is 0 Å². The zero-order chi connectivity index (χ0) is 18.4. The number of benzene rings is 2. The Balaban J connectivity index is 1.77. The third kappa shape index (κ3) is 5.09. The maximum atomic E-state index is 8.87. The highest BCUT2D eigenvalue weighted by molar-refractivity contribution is 6.30. The number of aliphatic hydroxyl groups excluding tert-OH is 1. The topological polar surface area (TPSA) is 26.7 Å². The van der Waals surface area contributed by atoms with E-state index in [0.717, 1.165) is 42.8 Å². The molecule has 1 aliphatic heterocycles. The van der Waals surface area contributed by atoms with Crippen LogP contribution >= 0.6 is 23.2 Å². The first-order valence-electron chi connectivity index (χ1n) is 8.90. The van der Waals surface area contributed by atoms with Gasteiger partial charge in [-0.25, -0.2) is 0 Å². The highest BCUT2D eigenvalue weighted by Crippen LogP contribution is 2.31. The number of rotatable bonds is 6. The number of aliphatic hydroxyl groups is 1. The average Bonchev–Trinajstić information content (AvgIpc) is 2.66. The fourth-order valence-corrected chi connectivity index (χ4v) is 3.66. The SMILES string of the molecule is OCC=CCN1CCN(C(c2ccc(Cl)cc2)c2ccc(Cl)cc2)CC1. The minimum Gasteiger partial charge on any atom is -0.392 e. The van der Waals surface area contributed by atoms with Crippen molar-refractivity contribution in [2.24, 2.45) is 0 Å². The Morgan fingerprint density at radius 2 is 1.31 bits per heavy atom. The van der Waals surface area contributed by atoms with E-state index in [1.54, 1.807) is 6.08 Å². The number of halogens is 2. The standard InChI is InChI=1S/C21H24Cl2N2O/c22-19-7-3-17(4-8-19)21(18-5-9-20(23)10-6-18)25-14-12-24(13-15-25)11-1-2-16-26/h1-10,21,26H,11-16H2. The van der Waals surface area contributed by atoms with Crippen molar-refractivity contribution < 1.29 is 5.11 Å². The molecule has 0 amide bonds. The van der Waals surface area contributed by atoms with E-state index in [4.69, 9.17) is 28.3 Å². The van der Waals surface area contributed by atoms with Gasteiger partial charge in [-0.1, -0.05) is 59.6 Å². The van der Waals surface area contributed by atoms with E-state index in [2.05, 4.69) is 34.1 Å². The maximum absolute atomic E-state index is 8.87. The second-order valence-corrected chi connectivity index (χ2v) is 7.37. The van der Waals surface area contributed by atoms with Crippen LogP contribution < -0.4 is 0 Å². The largest absolute Gasteiger partial charge is 0.392 e. The second-order valence-electron chi connectivity index (χ2n) is 6.50. The smallest absolute Gasteiger partial charge is 0.0612 e. The van der Waals surface area contributed by atoms with Crippen LogP contribution in [-0.4, -0.2) is 54.2 Å². The molecule has 3 nitrogen and oxygen atoms in total. The third-order valence-electron chi connectivity index (χ3n) is 4.78. The zero-order valence-electron chi connectivity index (χ0n) is 14.7. The number of nitrogens with zero attached hydrogens (tertiary/aromatic N) is 2. The Morgan fingerprint density at radius 1 is 0.808 bits per heavy atom. The molecular formula is C21H24Cl2N2O. The summed E-state index contributed by atoms with van der Waals surface area (Å²) in [5.41, 5.74) is 2.48. The summed E-state index contributed by atoms with van der Waals surface area (Å²) in [5, 5.41) is 10.4. The molecule has 1 heterocycles. The molecule has 26 heavy (non-hydrogen) atoms. The molecule has 2 aromatic rings. The molecule has 0 aliphatic carbocycles. The van der Waals surface area contributed by atoms with Gasteiger partial charge >= 0.3 is 0 Å². The summed E-state index contributed by atoms with van der Waals surface area (Å²) in [4.78, 5) is 4.92. The van der Waals surface area contributed by atoms with Gasteiger partial charge in [0.2, 0.25) is 0 Å². The van der Waals surface area contributed by atoms with Gasteiger partial charge in [0.1, 0.15) is 0 Å². The molecule has 1 saturated heterocycles. The lowest BCUT2D eigenvalue weighted by Gasteiger charge is -2.39. The lowest BCUT2D eigenvalue weighted by atomic mass is 9.96. The van der Waals surface area contributed by atoms with Gasteiger partial charge in [-0.3, -0.25) is 9.80 Å². The van der Waals surface area contributed by atoms with E-state index in [0.29, 0.717) is 0 Å². The number of piperazine rings is 1. The van der Waals surface area contributed by atoms with Crippen molar-refractivity contribution in [1.29, 1.82) is 0 Å². The van der Waals surface area contributed by atoms with Crippen LogP contribution in [0.25, 0.3) is 0 Å². The Labute approximate surface area is 165 Å². The van der Waals surface area contributed by atoms with E-state index < -0.39 is 0 Å². The Hall–Kier alpha value is -1.36. The first kappa shape index (κ1) is 19.4. The van der Waals surface area contributed by atoms with Crippen LogP contribution in [0.4, 0.5) is 0 Å². The van der Waals surface area contributed by atoms with Crippen LogP contribution in [0.2, 0.25) is 10.0 Å². The van der Waals surface area contributed by atoms with Crippen LogP contribution in [0.1, 0.15) is 17.2 Å².